The van der Waals surface area contributed by atoms with Crippen molar-refractivity contribution in [2.45, 2.75) is 30.4 Å². The molecule has 0 saturated carbocycles. The number of carbonyl (C=O) groups is 1. The maximum atomic E-state index is 11.8. The lowest BCUT2D eigenvalue weighted by Gasteiger charge is -2.30. The maximum absolute atomic E-state index is 11.8. The van der Waals surface area contributed by atoms with Gasteiger partial charge < -0.3 is 4.90 Å². The summed E-state index contributed by atoms with van der Waals surface area (Å²) in [5.74, 6) is -0.305. The van der Waals surface area contributed by atoms with E-state index >= 15 is 0 Å². The van der Waals surface area contributed by atoms with Gasteiger partial charge in [-0.3, -0.25) is 4.79 Å². The molecule has 0 radical (unpaired) electrons. The molecule has 0 aromatic carbocycles. The molecule has 0 aromatic heterocycles. The molecule has 1 aliphatic heterocycles. The normalized spacial score (nSPS) is 21.4. The van der Waals surface area contributed by atoms with Crippen molar-refractivity contribution in [2.75, 3.05) is 19.3 Å². The molecule has 1 atom stereocenters. The second kappa shape index (κ2) is 4.70. The lowest BCUT2D eigenvalue weighted by atomic mass is 10.1. The third-order valence-corrected chi connectivity index (χ3v) is 4.65. The minimum absolute atomic E-state index is 0.114. The van der Waals surface area contributed by atoms with E-state index in [-0.39, 0.29) is 11.3 Å². The lowest BCUT2D eigenvalue weighted by Crippen LogP contribution is -2.45. The van der Waals surface area contributed by atoms with E-state index in [1.807, 2.05) is 0 Å². The number of halogens is 1. The topological polar surface area (TPSA) is 54.5 Å². The van der Waals surface area contributed by atoms with Gasteiger partial charge in [0.1, 0.15) is 5.25 Å². The summed E-state index contributed by atoms with van der Waals surface area (Å²) in [6.07, 6.45) is 2.57. The highest BCUT2D eigenvalue weighted by atomic mass is 35.5. The summed E-state index contributed by atoms with van der Waals surface area (Å²) in [6.45, 7) is 2.56. The van der Waals surface area contributed by atoms with E-state index < -0.39 is 15.1 Å². The van der Waals surface area contributed by atoms with E-state index in [4.69, 9.17) is 11.6 Å². The highest BCUT2D eigenvalue weighted by Gasteiger charge is 2.30. The summed E-state index contributed by atoms with van der Waals surface area (Å²) in [4.78, 5) is 13.3. The molecular weight excluding hydrogens is 238 g/mol. The molecule has 1 heterocycles. The fourth-order valence-electron chi connectivity index (χ4n) is 1.51. The Bertz CT molecular complexity index is 333. The van der Waals surface area contributed by atoms with Crippen LogP contribution in [0.25, 0.3) is 0 Å². The van der Waals surface area contributed by atoms with Crippen molar-refractivity contribution in [1.29, 1.82) is 0 Å². The van der Waals surface area contributed by atoms with Crippen molar-refractivity contribution in [2.24, 2.45) is 0 Å². The first-order valence-corrected chi connectivity index (χ1v) is 7.33. The highest BCUT2D eigenvalue weighted by molar-refractivity contribution is 7.92. The minimum atomic E-state index is -3.29. The smallest absolute Gasteiger partial charge is 0.240 e. The summed E-state index contributed by atoms with van der Waals surface area (Å²) in [7, 11) is -3.29. The van der Waals surface area contributed by atoms with Gasteiger partial charge in [0, 0.05) is 24.7 Å². The van der Waals surface area contributed by atoms with Crippen LogP contribution in [0.5, 0.6) is 0 Å². The van der Waals surface area contributed by atoms with Gasteiger partial charge in [-0.05, 0) is 19.8 Å². The number of amides is 1. The largest absolute Gasteiger partial charge is 0.341 e. The number of sulfone groups is 1. The zero-order valence-electron chi connectivity index (χ0n) is 8.94. The molecule has 1 aliphatic rings. The summed E-state index contributed by atoms with van der Waals surface area (Å²) < 4.78 is 22.4. The first-order chi connectivity index (χ1) is 6.82. The van der Waals surface area contributed by atoms with Crippen LogP contribution in [0.3, 0.4) is 0 Å². The highest BCUT2D eigenvalue weighted by Crippen LogP contribution is 2.17. The molecule has 0 aromatic rings. The van der Waals surface area contributed by atoms with Crippen LogP contribution in [0.15, 0.2) is 0 Å². The van der Waals surface area contributed by atoms with Gasteiger partial charge in [-0.25, -0.2) is 8.42 Å². The van der Waals surface area contributed by atoms with Gasteiger partial charge >= 0.3 is 0 Å². The fraction of sp³-hybridized carbons (Fsp3) is 0.889. The summed E-state index contributed by atoms with van der Waals surface area (Å²) in [5, 5.41) is -0.827. The average Bonchev–Trinajstić information content (AvgIpc) is 2.15. The van der Waals surface area contributed by atoms with Crippen molar-refractivity contribution in [1.82, 2.24) is 4.90 Å². The zero-order valence-corrected chi connectivity index (χ0v) is 10.5. The van der Waals surface area contributed by atoms with Gasteiger partial charge in [0.15, 0.2) is 9.84 Å². The number of rotatable bonds is 2. The molecule has 1 unspecified atom stereocenters. The van der Waals surface area contributed by atoms with Gasteiger partial charge in [0.25, 0.3) is 0 Å². The SMILES string of the molecule is CC(C(=O)N1CCC(Cl)CC1)S(C)(=O)=O. The monoisotopic (exact) mass is 253 g/mol. The first-order valence-electron chi connectivity index (χ1n) is 4.94. The average molecular weight is 254 g/mol. The zero-order chi connectivity index (χ0) is 11.6. The van der Waals surface area contributed by atoms with Crippen LogP contribution < -0.4 is 0 Å². The quantitative estimate of drug-likeness (QED) is 0.679. The molecule has 0 bridgehead atoms. The predicted octanol–water partition coefficient (Wildman–Crippen LogP) is 0.649. The van der Waals surface area contributed by atoms with Crippen LogP contribution in [-0.4, -0.2) is 49.2 Å². The van der Waals surface area contributed by atoms with E-state index in [0.29, 0.717) is 13.1 Å². The molecule has 15 heavy (non-hydrogen) atoms. The Morgan fingerprint density at radius 3 is 2.27 bits per heavy atom. The Morgan fingerprint density at radius 1 is 1.40 bits per heavy atom. The maximum Gasteiger partial charge on any atom is 0.240 e. The van der Waals surface area contributed by atoms with E-state index in [2.05, 4.69) is 0 Å². The van der Waals surface area contributed by atoms with Crippen molar-refractivity contribution in [3.8, 4) is 0 Å². The van der Waals surface area contributed by atoms with Crippen LogP contribution in [-0.2, 0) is 14.6 Å². The summed E-state index contributed by atoms with van der Waals surface area (Å²) in [5.41, 5.74) is 0. The van der Waals surface area contributed by atoms with Gasteiger partial charge in [-0.2, -0.15) is 0 Å². The second-order valence-corrected chi connectivity index (χ2v) is 6.96. The number of piperidine rings is 1. The third kappa shape index (κ3) is 3.34. The minimum Gasteiger partial charge on any atom is -0.341 e. The van der Waals surface area contributed by atoms with Crippen LogP contribution >= 0.6 is 11.6 Å². The van der Waals surface area contributed by atoms with Crippen molar-refractivity contribution < 1.29 is 13.2 Å². The number of alkyl halides is 1. The van der Waals surface area contributed by atoms with Gasteiger partial charge in [0.2, 0.25) is 5.91 Å². The van der Waals surface area contributed by atoms with Crippen LogP contribution in [0.4, 0.5) is 0 Å². The van der Waals surface area contributed by atoms with Crippen LogP contribution in [0.1, 0.15) is 19.8 Å². The van der Waals surface area contributed by atoms with Crippen molar-refractivity contribution >= 4 is 27.3 Å². The van der Waals surface area contributed by atoms with Gasteiger partial charge in [-0.15, -0.1) is 11.6 Å². The Balaban J connectivity index is 2.62. The van der Waals surface area contributed by atoms with Gasteiger partial charge in [0.05, 0.1) is 0 Å². The molecule has 6 heteroatoms. The molecule has 88 valence electrons. The lowest BCUT2D eigenvalue weighted by molar-refractivity contribution is -0.131. The molecule has 1 saturated heterocycles. The molecule has 1 rings (SSSR count). The van der Waals surface area contributed by atoms with Crippen LogP contribution in [0, 0.1) is 0 Å². The Labute approximate surface area is 95.5 Å². The van der Waals surface area contributed by atoms with E-state index in [1.165, 1.54) is 6.92 Å². The van der Waals surface area contributed by atoms with E-state index in [9.17, 15) is 13.2 Å². The fourth-order valence-corrected chi connectivity index (χ4v) is 2.22. The van der Waals surface area contributed by atoms with Crippen molar-refractivity contribution in [3.05, 3.63) is 0 Å². The third-order valence-electron chi connectivity index (χ3n) is 2.73. The van der Waals surface area contributed by atoms with E-state index in [1.54, 1.807) is 4.90 Å². The predicted molar refractivity (Wildman–Crippen MR) is 59.8 cm³/mol. The number of carbonyl (C=O) groups excluding carboxylic acids is 1. The number of likely N-dealkylation sites (tertiary alicyclic amines) is 1. The van der Waals surface area contributed by atoms with E-state index in [0.717, 1.165) is 19.1 Å². The molecule has 0 N–H and O–H groups in total. The molecule has 0 aliphatic carbocycles. The van der Waals surface area contributed by atoms with Gasteiger partial charge in [-0.1, -0.05) is 0 Å². The van der Waals surface area contributed by atoms with Crippen LogP contribution in [0.2, 0.25) is 0 Å². The summed E-state index contributed by atoms with van der Waals surface area (Å²) in [6, 6.07) is 0. The number of nitrogens with zero attached hydrogens (tertiary/aromatic N) is 1. The number of hydrogen-bond acceptors (Lipinski definition) is 3. The molecule has 0 spiro atoms. The Hall–Kier alpha value is -0.290. The molecule has 1 amide bonds. The molecule has 1 fully saturated rings. The van der Waals surface area contributed by atoms with Crippen molar-refractivity contribution in [3.63, 3.8) is 0 Å². The number of hydrogen-bond donors (Lipinski definition) is 0. The standard InChI is InChI=1S/C9H16ClNO3S/c1-7(15(2,13)14)9(12)11-5-3-8(10)4-6-11/h7-8H,3-6H2,1-2H3. The first kappa shape index (κ1) is 12.8. The molecular formula is C9H16ClNO3S. The Morgan fingerprint density at radius 2 is 1.87 bits per heavy atom. The molecule has 4 nitrogen and oxygen atoms in total. The second-order valence-electron chi connectivity index (χ2n) is 3.97. The Kier molecular flexibility index (Phi) is 4.00. The summed E-state index contributed by atoms with van der Waals surface area (Å²) >= 11 is 5.90.